The van der Waals surface area contributed by atoms with Crippen molar-refractivity contribution in [3.8, 4) is 0 Å². The average molecular weight is 334 g/mol. The number of benzene rings is 1. The smallest absolute Gasteiger partial charge is 0.0485 e. The van der Waals surface area contributed by atoms with Crippen LogP contribution in [0.2, 0.25) is 5.02 Å². The first kappa shape index (κ1) is 16.0. The number of nitrogens with zero attached hydrogens (tertiary/aromatic N) is 1. The largest absolute Gasteiger partial charge is 0.329 e. The summed E-state index contributed by atoms with van der Waals surface area (Å²) in [5.41, 5.74) is 7.07. The quantitative estimate of drug-likeness (QED) is 0.809. The van der Waals surface area contributed by atoms with Crippen LogP contribution in [0.3, 0.4) is 0 Å². The monoisotopic (exact) mass is 332 g/mol. The van der Waals surface area contributed by atoms with Crippen LogP contribution in [0.1, 0.15) is 38.3 Å². The summed E-state index contributed by atoms with van der Waals surface area (Å²) in [6.07, 6.45) is 2.39. The molecule has 0 saturated heterocycles. The van der Waals surface area contributed by atoms with Gasteiger partial charge < -0.3 is 5.73 Å². The molecule has 1 atom stereocenters. The number of rotatable bonds is 7. The molecular formula is C14H22BrClN2. The molecule has 0 aliphatic carbocycles. The molecule has 0 aliphatic heterocycles. The van der Waals surface area contributed by atoms with E-state index in [0.29, 0.717) is 6.54 Å². The van der Waals surface area contributed by atoms with Crippen LogP contribution in [0.25, 0.3) is 0 Å². The van der Waals surface area contributed by atoms with Gasteiger partial charge in [-0.15, -0.1) is 0 Å². The molecule has 102 valence electrons. The second-order valence-electron chi connectivity index (χ2n) is 4.40. The molecule has 0 saturated carbocycles. The molecular weight excluding hydrogens is 312 g/mol. The fourth-order valence-corrected chi connectivity index (χ4v) is 2.94. The van der Waals surface area contributed by atoms with E-state index in [1.54, 1.807) is 0 Å². The van der Waals surface area contributed by atoms with E-state index in [9.17, 15) is 0 Å². The van der Waals surface area contributed by atoms with Crippen LogP contribution >= 0.6 is 27.5 Å². The van der Waals surface area contributed by atoms with Gasteiger partial charge in [-0.2, -0.15) is 0 Å². The van der Waals surface area contributed by atoms with Gasteiger partial charge in [0.25, 0.3) is 0 Å². The molecule has 0 bridgehead atoms. The number of likely N-dealkylation sites (N-methyl/N-ethyl adjacent to an activating group) is 1. The maximum atomic E-state index is 6.33. The number of unbranched alkanes of at least 4 members (excludes halogenated alkanes) is 1. The lowest BCUT2D eigenvalue weighted by atomic mass is 10.0. The summed E-state index contributed by atoms with van der Waals surface area (Å²) in [7, 11) is 0. The van der Waals surface area contributed by atoms with Gasteiger partial charge in [0.1, 0.15) is 0 Å². The van der Waals surface area contributed by atoms with Crippen molar-refractivity contribution in [1.29, 1.82) is 0 Å². The van der Waals surface area contributed by atoms with Gasteiger partial charge in [0.15, 0.2) is 0 Å². The highest BCUT2D eigenvalue weighted by Gasteiger charge is 2.19. The minimum Gasteiger partial charge on any atom is -0.329 e. The van der Waals surface area contributed by atoms with Crippen molar-refractivity contribution in [2.45, 2.75) is 32.7 Å². The van der Waals surface area contributed by atoms with Crippen LogP contribution in [0.4, 0.5) is 0 Å². The zero-order chi connectivity index (χ0) is 13.5. The number of halogens is 2. The van der Waals surface area contributed by atoms with Gasteiger partial charge in [-0.05, 0) is 37.2 Å². The number of nitrogens with two attached hydrogens (primary N) is 1. The van der Waals surface area contributed by atoms with Crippen LogP contribution in [0, 0.1) is 0 Å². The van der Waals surface area contributed by atoms with Crippen molar-refractivity contribution in [1.82, 2.24) is 4.90 Å². The van der Waals surface area contributed by atoms with E-state index in [0.717, 1.165) is 28.1 Å². The maximum absolute atomic E-state index is 6.33. The van der Waals surface area contributed by atoms with Crippen LogP contribution < -0.4 is 5.73 Å². The van der Waals surface area contributed by atoms with E-state index in [2.05, 4.69) is 40.7 Å². The second kappa shape index (κ2) is 8.16. The fraction of sp³-hybridized carbons (Fsp3) is 0.571. The molecule has 1 aromatic carbocycles. The topological polar surface area (TPSA) is 29.3 Å². The van der Waals surface area contributed by atoms with Crippen molar-refractivity contribution in [2.75, 3.05) is 19.6 Å². The summed E-state index contributed by atoms with van der Waals surface area (Å²) in [5, 5.41) is 0.787. The summed E-state index contributed by atoms with van der Waals surface area (Å²) in [5.74, 6) is 0. The van der Waals surface area contributed by atoms with Crippen molar-refractivity contribution in [2.24, 2.45) is 5.73 Å². The second-order valence-corrected chi connectivity index (χ2v) is 5.72. The first-order valence-corrected chi connectivity index (χ1v) is 7.70. The lowest BCUT2D eigenvalue weighted by molar-refractivity contribution is 0.209. The Bertz CT molecular complexity index is 371. The van der Waals surface area contributed by atoms with Crippen molar-refractivity contribution >= 4 is 27.5 Å². The Labute approximate surface area is 124 Å². The van der Waals surface area contributed by atoms with Gasteiger partial charge in [0.05, 0.1) is 0 Å². The van der Waals surface area contributed by atoms with Crippen LogP contribution in [0.5, 0.6) is 0 Å². The molecule has 0 fully saturated rings. The van der Waals surface area contributed by atoms with Crippen LogP contribution in [0.15, 0.2) is 22.7 Å². The molecule has 18 heavy (non-hydrogen) atoms. The van der Waals surface area contributed by atoms with E-state index in [-0.39, 0.29) is 6.04 Å². The minimum atomic E-state index is 0.210. The summed E-state index contributed by atoms with van der Waals surface area (Å²) in [4.78, 5) is 2.40. The summed E-state index contributed by atoms with van der Waals surface area (Å²) in [6, 6.07) is 6.24. The van der Waals surface area contributed by atoms with Crippen molar-refractivity contribution in [3.05, 3.63) is 33.3 Å². The Morgan fingerprint density at radius 1 is 1.39 bits per heavy atom. The summed E-state index contributed by atoms with van der Waals surface area (Å²) in [6.45, 7) is 7.04. The van der Waals surface area contributed by atoms with E-state index in [4.69, 9.17) is 17.3 Å². The molecule has 1 unspecified atom stereocenters. The highest BCUT2D eigenvalue weighted by Crippen LogP contribution is 2.29. The predicted octanol–water partition coefficient (Wildman–Crippen LogP) is 4.22. The molecule has 0 radical (unpaired) electrons. The zero-order valence-electron chi connectivity index (χ0n) is 11.1. The highest BCUT2D eigenvalue weighted by molar-refractivity contribution is 9.10. The molecule has 1 aromatic rings. The van der Waals surface area contributed by atoms with E-state index in [1.807, 2.05) is 12.1 Å². The standard InChI is InChI=1S/C14H22BrClN2/c1-3-5-8-18(4-2)14(10-17)12-7-6-11(15)9-13(12)16/h6-7,9,14H,3-5,8,10,17H2,1-2H3. The first-order chi connectivity index (χ1) is 8.63. The highest BCUT2D eigenvalue weighted by atomic mass is 79.9. The average Bonchev–Trinajstić information content (AvgIpc) is 2.36. The fourth-order valence-electron chi connectivity index (χ4n) is 2.14. The first-order valence-electron chi connectivity index (χ1n) is 6.53. The Kier molecular flexibility index (Phi) is 7.23. The van der Waals surface area contributed by atoms with Crippen molar-refractivity contribution < 1.29 is 0 Å². The number of hydrogen-bond donors (Lipinski definition) is 1. The normalized spacial score (nSPS) is 13.0. The van der Waals surface area contributed by atoms with Gasteiger partial charge in [-0.1, -0.05) is 53.9 Å². The van der Waals surface area contributed by atoms with Gasteiger partial charge in [0, 0.05) is 22.1 Å². The molecule has 0 aromatic heterocycles. The third-order valence-corrected chi connectivity index (χ3v) is 4.01. The maximum Gasteiger partial charge on any atom is 0.0485 e. The van der Waals surface area contributed by atoms with Gasteiger partial charge in [0.2, 0.25) is 0 Å². The lowest BCUT2D eigenvalue weighted by Gasteiger charge is -2.30. The molecule has 4 heteroatoms. The molecule has 1 rings (SSSR count). The van der Waals surface area contributed by atoms with Crippen LogP contribution in [-0.4, -0.2) is 24.5 Å². The Morgan fingerprint density at radius 3 is 2.61 bits per heavy atom. The Hall–Kier alpha value is -0.0900. The molecule has 2 N–H and O–H groups in total. The molecule has 0 heterocycles. The zero-order valence-corrected chi connectivity index (χ0v) is 13.5. The van der Waals surface area contributed by atoms with E-state index >= 15 is 0 Å². The third kappa shape index (κ3) is 4.23. The van der Waals surface area contributed by atoms with Crippen LogP contribution in [-0.2, 0) is 0 Å². The van der Waals surface area contributed by atoms with E-state index in [1.165, 1.54) is 12.8 Å². The lowest BCUT2D eigenvalue weighted by Crippen LogP contribution is -2.34. The SMILES string of the molecule is CCCCN(CC)C(CN)c1ccc(Br)cc1Cl. The number of hydrogen-bond acceptors (Lipinski definition) is 2. The third-order valence-electron chi connectivity index (χ3n) is 3.19. The predicted molar refractivity (Wildman–Crippen MR) is 83.1 cm³/mol. The Morgan fingerprint density at radius 2 is 2.11 bits per heavy atom. The molecule has 2 nitrogen and oxygen atoms in total. The van der Waals surface area contributed by atoms with Crippen molar-refractivity contribution in [3.63, 3.8) is 0 Å². The van der Waals surface area contributed by atoms with Gasteiger partial charge in [-0.3, -0.25) is 4.90 Å². The van der Waals surface area contributed by atoms with Gasteiger partial charge in [-0.25, -0.2) is 0 Å². The summed E-state index contributed by atoms with van der Waals surface area (Å²) >= 11 is 9.76. The van der Waals surface area contributed by atoms with Gasteiger partial charge >= 0.3 is 0 Å². The molecule has 0 spiro atoms. The molecule has 0 aliphatic rings. The van der Waals surface area contributed by atoms with E-state index < -0.39 is 0 Å². The molecule has 0 amide bonds. The minimum absolute atomic E-state index is 0.210. The Balaban J connectivity index is 2.92. The summed E-state index contributed by atoms with van der Waals surface area (Å²) < 4.78 is 1.00.